The van der Waals surface area contributed by atoms with E-state index in [0.29, 0.717) is 6.54 Å². The fraction of sp³-hybridized carbons (Fsp3) is 0.400. The Bertz CT molecular complexity index is 403. The van der Waals surface area contributed by atoms with Gasteiger partial charge in [-0.3, -0.25) is 4.79 Å². The minimum atomic E-state index is 0.0722. The Labute approximate surface area is 104 Å². The molecule has 92 valence electrons. The second-order valence-corrected chi connectivity index (χ2v) is 4.85. The highest BCUT2D eigenvalue weighted by molar-refractivity contribution is 5.94. The molecule has 0 bridgehead atoms. The van der Waals surface area contributed by atoms with Crippen molar-refractivity contribution < 1.29 is 4.79 Å². The normalized spacial score (nSPS) is 10.4. The lowest BCUT2D eigenvalue weighted by atomic mass is 10.1. The van der Waals surface area contributed by atoms with Crippen molar-refractivity contribution in [3.8, 4) is 0 Å². The largest absolute Gasteiger partial charge is 0.332 e. The third-order valence-corrected chi connectivity index (χ3v) is 2.62. The number of amides is 1. The van der Waals surface area contributed by atoms with Gasteiger partial charge >= 0.3 is 0 Å². The summed E-state index contributed by atoms with van der Waals surface area (Å²) in [5, 5.41) is 0. The first-order chi connectivity index (χ1) is 7.91. The zero-order valence-corrected chi connectivity index (χ0v) is 11.2. The second kappa shape index (κ2) is 5.67. The van der Waals surface area contributed by atoms with Crippen molar-refractivity contribution in [2.75, 3.05) is 6.54 Å². The average Bonchev–Trinajstić information content (AvgIpc) is 2.25. The Balaban J connectivity index is 2.91. The highest BCUT2D eigenvalue weighted by atomic mass is 16.2. The molecule has 0 radical (unpaired) electrons. The lowest BCUT2D eigenvalue weighted by Crippen LogP contribution is -2.38. The number of benzene rings is 1. The van der Waals surface area contributed by atoms with Crippen molar-refractivity contribution in [3.63, 3.8) is 0 Å². The van der Waals surface area contributed by atoms with Gasteiger partial charge in [-0.15, -0.1) is 0 Å². The molecule has 0 aromatic heterocycles. The molecule has 2 heteroatoms. The predicted molar refractivity (Wildman–Crippen MR) is 72.2 cm³/mol. The Kier molecular flexibility index (Phi) is 4.50. The Morgan fingerprint density at radius 1 is 1.29 bits per heavy atom. The number of hydrogen-bond donors (Lipinski definition) is 0. The van der Waals surface area contributed by atoms with E-state index in [1.54, 1.807) is 0 Å². The smallest absolute Gasteiger partial charge is 0.254 e. The van der Waals surface area contributed by atoms with Crippen LogP contribution in [0.15, 0.2) is 36.4 Å². The predicted octanol–water partition coefficient (Wildman–Crippen LogP) is 3.42. The van der Waals surface area contributed by atoms with E-state index in [9.17, 15) is 4.79 Å². The molecule has 0 saturated carbocycles. The van der Waals surface area contributed by atoms with Crippen LogP contribution >= 0.6 is 0 Å². The van der Waals surface area contributed by atoms with Crippen LogP contribution < -0.4 is 0 Å². The van der Waals surface area contributed by atoms with Crippen LogP contribution in [0.2, 0.25) is 0 Å². The SMILES string of the molecule is C=C(C)CN(C(=O)c1ccc(C)cc1)C(C)C. The molecule has 1 amide bonds. The van der Waals surface area contributed by atoms with Crippen LogP contribution in [0.4, 0.5) is 0 Å². The maximum absolute atomic E-state index is 12.3. The minimum absolute atomic E-state index is 0.0722. The van der Waals surface area contributed by atoms with Crippen molar-refractivity contribution in [2.24, 2.45) is 0 Å². The van der Waals surface area contributed by atoms with Gasteiger partial charge in [0.1, 0.15) is 0 Å². The molecular formula is C15H21NO. The van der Waals surface area contributed by atoms with Crippen molar-refractivity contribution in [1.82, 2.24) is 4.90 Å². The summed E-state index contributed by atoms with van der Waals surface area (Å²) < 4.78 is 0. The van der Waals surface area contributed by atoms with Crippen molar-refractivity contribution in [3.05, 3.63) is 47.5 Å². The monoisotopic (exact) mass is 231 g/mol. The number of hydrogen-bond acceptors (Lipinski definition) is 1. The van der Waals surface area contributed by atoms with Gasteiger partial charge in [-0.05, 0) is 39.8 Å². The van der Waals surface area contributed by atoms with Gasteiger partial charge in [0.15, 0.2) is 0 Å². The quantitative estimate of drug-likeness (QED) is 0.727. The van der Waals surface area contributed by atoms with E-state index < -0.39 is 0 Å². The Hall–Kier alpha value is -1.57. The van der Waals surface area contributed by atoms with E-state index in [1.165, 1.54) is 0 Å². The first kappa shape index (κ1) is 13.5. The summed E-state index contributed by atoms with van der Waals surface area (Å²) in [6.07, 6.45) is 0. The van der Waals surface area contributed by atoms with Gasteiger partial charge in [-0.1, -0.05) is 29.8 Å². The molecule has 0 spiro atoms. The first-order valence-corrected chi connectivity index (χ1v) is 5.94. The molecule has 0 aliphatic carbocycles. The fourth-order valence-corrected chi connectivity index (χ4v) is 1.64. The van der Waals surface area contributed by atoms with E-state index in [-0.39, 0.29) is 11.9 Å². The molecule has 17 heavy (non-hydrogen) atoms. The molecule has 0 heterocycles. The maximum Gasteiger partial charge on any atom is 0.254 e. The van der Waals surface area contributed by atoms with Crippen LogP contribution in [-0.4, -0.2) is 23.4 Å². The van der Waals surface area contributed by atoms with Crippen LogP contribution in [0, 0.1) is 6.92 Å². The molecule has 1 rings (SSSR count). The summed E-state index contributed by atoms with van der Waals surface area (Å²) in [4.78, 5) is 14.2. The first-order valence-electron chi connectivity index (χ1n) is 5.94. The molecule has 0 saturated heterocycles. The van der Waals surface area contributed by atoms with E-state index in [0.717, 1.165) is 16.7 Å². The zero-order valence-electron chi connectivity index (χ0n) is 11.2. The van der Waals surface area contributed by atoms with Gasteiger partial charge in [0.2, 0.25) is 0 Å². The van der Waals surface area contributed by atoms with Gasteiger partial charge in [0.05, 0.1) is 0 Å². The van der Waals surface area contributed by atoms with Gasteiger partial charge in [-0.2, -0.15) is 0 Å². The summed E-state index contributed by atoms with van der Waals surface area (Å²) in [7, 11) is 0. The highest BCUT2D eigenvalue weighted by Crippen LogP contribution is 2.11. The van der Waals surface area contributed by atoms with Crippen molar-refractivity contribution in [1.29, 1.82) is 0 Å². The molecule has 0 fully saturated rings. The molecule has 0 aliphatic heterocycles. The van der Waals surface area contributed by atoms with Gasteiger partial charge < -0.3 is 4.90 Å². The molecular weight excluding hydrogens is 210 g/mol. The van der Waals surface area contributed by atoms with Crippen LogP contribution in [0.25, 0.3) is 0 Å². The molecule has 1 aromatic carbocycles. The number of nitrogens with zero attached hydrogens (tertiary/aromatic N) is 1. The van der Waals surface area contributed by atoms with Crippen molar-refractivity contribution in [2.45, 2.75) is 33.7 Å². The number of carbonyl (C=O) groups is 1. The lowest BCUT2D eigenvalue weighted by Gasteiger charge is -2.27. The minimum Gasteiger partial charge on any atom is -0.332 e. The number of carbonyl (C=O) groups excluding carboxylic acids is 1. The molecule has 0 N–H and O–H groups in total. The van der Waals surface area contributed by atoms with Crippen molar-refractivity contribution >= 4 is 5.91 Å². The average molecular weight is 231 g/mol. The molecule has 0 atom stereocenters. The summed E-state index contributed by atoms with van der Waals surface area (Å²) in [5.74, 6) is 0.0722. The number of rotatable bonds is 4. The third kappa shape index (κ3) is 3.74. The standard InChI is InChI=1S/C15H21NO/c1-11(2)10-16(12(3)4)15(17)14-8-6-13(5)7-9-14/h6-9,12H,1,10H2,2-5H3. The van der Waals surface area contributed by atoms with Crippen LogP contribution in [-0.2, 0) is 0 Å². The Morgan fingerprint density at radius 3 is 2.24 bits per heavy atom. The van der Waals surface area contributed by atoms with Crippen LogP contribution in [0.1, 0.15) is 36.7 Å². The Morgan fingerprint density at radius 2 is 1.82 bits per heavy atom. The highest BCUT2D eigenvalue weighted by Gasteiger charge is 2.18. The molecule has 2 nitrogen and oxygen atoms in total. The maximum atomic E-state index is 12.3. The number of aryl methyl sites for hydroxylation is 1. The van der Waals surface area contributed by atoms with Crippen LogP contribution in [0.3, 0.4) is 0 Å². The molecule has 0 unspecified atom stereocenters. The van der Waals surface area contributed by atoms with Crippen LogP contribution in [0.5, 0.6) is 0 Å². The topological polar surface area (TPSA) is 20.3 Å². The van der Waals surface area contributed by atoms with Gasteiger partial charge in [-0.25, -0.2) is 0 Å². The van der Waals surface area contributed by atoms with E-state index >= 15 is 0 Å². The summed E-state index contributed by atoms with van der Waals surface area (Å²) in [5.41, 5.74) is 2.90. The molecule has 1 aromatic rings. The summed E-state index contributed by atoms with van der Waals surface area (Å²) in [6, 6.07) is 7.87. The molecule has 0 aliphatic rings. The fourth-order valence-electron chi connectivity index (χ4n) is 1.64. The van der Waals surface area contributed by atoms with E-state index in [2.05, 4.69) is 6.58 Å². The lowest BCUT2D eigenvalue weighted by molar-refractivity contribution is 0.0724. The zero-order chi connectivity index (χ0) is 13.0. The van der Waals surface area contributed by atoms with Gasteiger partial charge in [0, 0.05) is 18.2 Å². The third-order valence-electron chi connectivity index (χ3n) is 2.62. The van der Waals surface area contributed by atoms with E-state index in [4.69, 9.17) is 0 Å². The second-order valence-electron chi connectivity index (χ2n) is 4.85. The van der Waals surface area contributed by atoms with Gasteiger partial charge in [0.25, 0.3) is 5.91 Å². The van der Waals surface area contributed by atoms with E-state index in [1.807, 2.05) is 56.9 Å². The summed E-state index contributed by atoms with van der Waals surface area (Å²) in [6.45, 7) is 12.5. The summed E-state index contributed by atoms with van der Waals surface area (Å²) >= 11 is 0.